The Morgan fingerprint density at radius 3 is 2.78 bits per heavy atom. The first-order valence-electron chi connectivity index (χ1n) is 6.00. The average molecular weight is 252 g/mol. The van der Waals surface area contributed by atoms with Gasteiger partial charge in [0.1, 0.15) is 5.82 Å². The largest absolute Gasteiger partial charge is 0.373 e. The van der Waals surface area contributed by atoms with Gasteiger partial charge in [-0.05, 0) is 31.2 Å². The molecule has 1 saturated heterocycles. The van der Waals surface area contributed by atoms with Crippen molar-refractivity contribution in [3.05, 3.63) is 35.6 Å². The normalized spacial score (nSPS) is 24.1. The molecule has 18 heavy (non-hydrogen) atoms. The van der Waals surface area contributed by atoms with E-state index in [0.717, 1.165) is 0 Å². The number of nitrogens with zero attached hydrogens (tertiary/aromatic N) is 1. The number of ether oxygens (including phenoxy) is 1. The zero-order valence-electron chi connectivity index (χ0n) is 10.3. The average Bonchev–Trinajstić information content (AvgIpc) is 2.39. The first-order valence-corrected chi connectivity index (χ1v) is 6.00. The lowest BCUT2D eigenvalue weighted by molar-refractivity contribution is -0.0426. The summed E-state index contributed by atoms with van der Waals surface area (Å²) in [6.45, 7) is 3.27. The molecule has 4 nitrogen and oxygen atoms in total. The quantitative estimate of drug-likeness (QED) is 0.854. The summed E-state index contributed by atoms with van der Waals surface area (Å²) in [5.74, 6) is -0.453. The molecule has 1 amide bonds. The van der Waals surface area contributed by atoms with Gasteiger partial charge in [0.25, 0.3) is 5.91 Å². The number of carbonyl (C=O) groups is 1. The molecular weight excluding hydrogens is 235 g/mol. The van der Waals surface area contributed by atoms with Crippen molar-refractivity contribution in [3.8, 4) is 0 Å². The van der Waals surface area contributed by atoms with Gasteiger partial charge in [0.15, 0.2) is 0 Å². The van der Waals surface area contributed by atoms with E-state index in [1.165, 1.54) is 24.3 Å². The van der Waals surface area contributed by atoms with Crippen LogP contribution in [-0.4, -0.2) is 42.6 Å². The summed E-state index contributed by atoms with van der Waals surface area (Å²) in [5.41, 5.74) is 6.04. The van der Waals surface area contributed by atoms with Crippen molar-refractivity contribution in [2.75, 3.05) is 19.7 Å². The van der Waals surface area contributed by atoms with E-state index < -0.39 is 0 Å². The second-order valence-corrected chi connectivity index (χ2v) is 4.50. The van der Waals surface area contributed by atoms with Gasteiger partial charge >= 0.3 is 0 Å². The van der Waals surface area contributed by atoms with Gasteiger partial charge in [0.2, 0.25) is 0 Å². The fraction of sp³-hybridized carbons (Fsp3) is 0.462. The Bertz CT molecular complexity index is 422. The van der Waals surface area contributed by atoms with Crippen LogP contribution in [0.5, 0.6) is 0 Å². The second kappa shape index (κ2) is 5.46. The van der Waals surface area contributed by atoms with E-state index >= 15 is 0 Å². The van der Waals surface area contributed by atoms with Crippen LogP contribution in [0.25, 0.3) is 0 Å². The second-order valence-electron chi connectivity index (χ2n) is 4.50. The number of hydrogen-bond acceptors (Lipinski definition) is 3. The highest BCUT2D eigenvalue weighted by molar-refractivity contribution is 5.94. The van der Waals surface area contributed by atoms with Crippen molar-refractivity contribution >= 4 is 5.91 Å². The van der Waals surface area contributed by atoms with Crippen molar-refractivity contribution in [2.45, 2.75) is 19.1 Å². The van der Waals surface area contributed by atoms with E-state index in [0.29, 0.717) is 25.3 Å². The highest BCUT2D eigenvalue weighted by Crippen LogP contribution is 2.15. The number of nitrogens with two attached hydrogens (primary N) is 1. The molecule has 2 atom stereocenters. The van der Waals surface area contributed by atoms with Gasteiger partial charge < -0.3 is 15.4 Å². The Morgan fingerprint density at radius 2 is 2.17 bits per heavy atom. The Labute approximate surface area is 106 Å². The van der Waals surface area contributed by atoms with Gasteiger partial charge in [0, 0.05) is 18.7 Å². The summed E-state index contributed by atoms with van der Waals surface area (Å²) in [4.78, 5) is 14.0. The first kappa shape index (κ1) is 13.0. The lowest BCUT2D eigenvalue weighted by atomic mass is 10.1. The Morgan fingerprint density at radius 1 is 1.50 bits per heavy atom. The predicted molar refractivity (Wildman–Crippen MR) is 65.7 cm³/mol. The number of halogens is 1. The van der Waals surface area contributed by atoms with Crippen molar-refractivity contribution in [2.24, 2.45) is 5.73 Å². The number of hydrogen-bond donors (Lipinski definition) is 1. The van der Waals surface area contributed by atoms with E-state index in [9.17, 15) is 9.18 Å². The minimum absolute atomic E-state index is 0.00496. The van der Waals surface area contributed by atoms with E-state index in [-0.39, 0.29) is 23.9 Å². The molecule has 2 unspecified atom stereocenters. The van der Waals surface area contributed by atoms with Crippen LogP contribution in [0.1, 0.15) is 17.3 Å². The van der Waals surface area contributed by atoms with E-state index in [1.54, 1.807) is 4.90 Å². The molecule has 2 N–H and O–H groups in total. The molecule has 0 aliphatic carbocycles. The fourth-order valence-corrected chi connectivity index (χ4v) is 2.00. The molecule has 2 rings (SSSR count). The van der Waals surface area contributed by atoms with Crippen LogP contribution in [0, 0.1) is 5.82 Å². The molecule has 1 fully saturated rings. The van der Waals surface area contributed by atoms with E-state index in [1.807, 2.05) is 6.92 Å². The van der Waals surface area contributed by atoms with Crippen LogP contribution in [0.4, 0.5) is 4.39 Å². The molecule has 5 heteroatoms. The van der Waals surface area contributed by atoms with Gasteiger partial charge in [-0.3, -0.25) is 4.79 Å². The molecule has 1 aromatic rings. The molecule has 0 aromatic heterocycles. The highest BCUT2D eigenvalue weighted by Gasteiger charge is 2.29. The van der Waals surface area contributed by atoms with E-state index in [2.05, 4.69) is 0 Å². The highest BCUT2D eigenvalue weighted by atomic mass is 19.1. The molecule has 1 heterocycles. The third kappa shape index (κ3) is 2.68. The van der Waals surface area contributed by atoms with Crippen molar-refractivity contribution in [1.29, 1.82) is 0 Å². The molecule has 1 aromatic carbocycles. The lowest BCUT2D eigenvalue weighted by Crippen LogP contribution is -2.52. The zero-order valence-corrected chi connectivity index (χ0v) is 10.3. The Hall–Kier alpha value is -1.46. The SMILES string of the molecule is CC1COC(CN)CN1C(=O)c1ccc(F)cc1. The predicted octanol–water partition coefficient (Wildman–Crippen LogP) is 1.01. The monoisotopic (exact) mass is 252 g/mol. The summed E-state index contributed by atoms with van der Waals surface area (Å²) in [6, 6.07) is 5.58. The molecule has 0 bridgehead atoms. The standard InChI is InChI=1S/C13H17FN2O2/c1-9-8-18-12(6-15)7-16(9)13(17)10-2-4-11(14)5-3-10/h2-5,9,12H,6-8,15H2,1H3. The van der Waals surface area contributed by atoms with Gasteiger partial charge in [-0.15, -0.1) is 0 Å². The first-order chi connectivity index (χ1) is 8.61. The summed E-state index contributed by atoms with van der Waals surface area (Å²) in [5, 5.41) is 0. The molecule has 1 aliphatic heterocycles. The fourth-order valence-electron chi connectivity index (χ4n) is 2.00. The Balaban J connectivity index is 2.13. The third-order valence-electron chi connectivity index (χ3n) is 3.12. The maximum atomic E-state index is 12.8. The van der Waals surface area contributed by atoms with Crippen LogP contribution in [0.15, 0.2) is 24.3 Å². The summed E-state index contributed by atoms with van der Waals surface area (Å²) >= 11 is 0. The summed E-state index contributed by atoms with van der Waals surface area (Å²) < 4.78 is 18.3. The van der Waals surface area contributed by atoms with Crippen molar-refractivity contribution in [3.63, 3.8) is 0 Å². The van der Waals surface area contributed by atoms with Crippen molar-refractivity contribution < 1.29 is 13.9 Å². The van der Waals surface area contributed by atoms with E-state index in [4.69, 9.17) is 10.5 Å². The Kier molecular flexibility index (Phi) is 3.93. The topological polar surface area (TPSA) is 55.6 Å². The van der Waals surface area contributed by atoms with Crippen LogP contribution in [-0.2, 0) is 4.74 Å². The van der Waals surface area contributed by atoms with Crippen molar-refractivity contribution in [1.82, 2.24) is 4.90 Å². The summed E-state index contributed by atoms with van der Waals surface area (Å²) in [7, 11) is 0. The maximum Gasteiger partial charge on any atom is 0.254 e. The minimum Gasteiger partial charge on any atom is -0.373 e. The van der Waals surface area contributed by atoms with Gasteiger partial charge in [-0.25, -0.2) is 4.39 Å². The van der Waals surface area contributed by atoms with Gasteiger partial charge in [0.05, 0.1) is 18.8 Å². The lowest BCUT2D eigenvalue weighted by Gasteiger charge is -2.37. The summed E-state index contributed by atoms with van der Waals surface area (Å²) in [6.07, 6.45) is -0.120. The smallest absolute Gasteiger partial charge is 0.254 e. The zero-order chi connectivity index (χ0) is 13.1. The molecular formula is C13H17FN2O2. The van der Waals surface area contributed by atoms with Crippen LogP contribution in [0.2, 0.25) is 0 Å². The molecule has 0 spiro atoms. The van der Waals surface area contributed by atoms with Gasteiger partial charge in [-0.1, -0.05) is 0 Å². The third-order valence-corrected chi connectivity index (χ3v) is 3.12. The molecule has 1 aliphatic rings. The number of rotatable bonds is 2. The number of carbonyl (C=O) groups excluding carboxylic acids is 1. The van der Waals surface area contributed by atoms with Gasteiger partial charge in [-0.2, -0.15) is 0 Å². The number of benzene rings is 1. The van der Waals surface area contributed by atoms with Crippen LogP contribution in [0.3, 0.4) is 0 Å². The maximum absolute atomic E-state index is 12.8. The number of morpholine rings is 1. The van der Waals surface area contributed by atoms with Crippen LogP contribution < -0.4 is 5.73 Å². The number of amides is 1. The molecule has 0 radical (unpaired) electrons. The molecule has 98 valence electrons. The minimum atomic E-state index is -0.346. The van der Waals surface area contributed by atoms with Crippen LogP contribution >= 0.6 is 0 Å². The molecule has 0 saturated carbocycles.